The van der Waals surface area contributed by atoms with E-state index in [2.05, 4.69) is 26.8 Å². The number of aryl methyl sites for hydroxylation is 1. The van der Waals surface area contributed by atoms with Crippen LogP contribution in [0.2, 0.25) is 5.02 Å². The lowest BCUT2D eigenvalue weighted by molar-refractivity contribution is -0.123. The fourth-order valence-electron chi connectivity index (χ4n) is 2.12. The molecule has 0 unspecified atom stereocenters. The summed E-state index contributed by atoms with van der Waals surface area (Å²) < 4.78 is 11.6. The molecule has 144 valence electrons. The number of hydrazine groups is 1. The lowest BCUT2D eigenvalue weighted by Gasteiger charge is -2.11. The summed E-state index contributed by atoms with van der Waals surface area (Å²) in [6.45, 7) is 4.19. The Morgan fingerprint density at radius 2 is 1.81 bits per heavy atom. The Morgan fingerprint density at radius 1 is 1.07 bits per heavy atom. The first kappa shape index (κ1) is 21.1. The highest BCUT2D eigenvalue weighted by molar-refractivity contribution is 9.10. The van der Waals surface area contributed by atoms with Gasteiger partial charge in [-0.05, 0) is 71.2 Å². The van der Waals surface area contributed by atoms with Gasteiger partial charge in [-0.3, -0.25) is 20.4 Å². The van der Waals surface area contributed by atoms with Gasteiger partial charge in [0.15, 0.2) is 6.61 Å². The van der Waals surface area contributed by atoms with Crippen molar-refractivity contribution in [2.45, 2.75) is 20.3 Å². The predicted molar refractivity (Wildman–Crippen MR) is 107 cm³/mol. The van der Waals surface area contributed by atoms with Crippen molar-refractivity contribution in [3.8, 4) is 11.5 Å². The minimum atomic E-state index is -0.486. The largest absolute Gasteiger partial charge is 0.492 e. The Balaban J connectivity index is 1.83. The highest BCUT2D eigenvalue weighted by Crippen LogP contribution is 2.26. The van der Waals surface area contributed by atoms with Gasteiger partial charge in [-0.2, -0.15) is 0 Å². The molecule has 0 aliphatic heterocycles. The van der Waals surface area contributed by atoms with Crippen LogP contribution in [0.15, 0.2) is 40.9 Å². The molecule has 0 spiro atoms. The second kappa shape index (κ2) is 10.2. The molecule has 0 aliphatic rings. The van der Waals surface area contributed by atoms with Gasteiger partial charge < -0.3 is 9.47 Å². The second-order valence-electron chi connectivity index (χ2n) is 5.69. The van der Waals surface area contributed by atoms with Gasteiger partial charge in [0.2, 0.25) is 0 Å². The number of ether oxygens (including phenoxy) is 2. The Morgan fingerprint density at radius 3 is 2.48 bits per heavy atom. The maximum Gasteiger partial charge on any atom is 0.276 e. The lowest BCUT2D eigenvalue weighted by Crippen LogP contribution is -2.43. The van der Waals surface area contributed by atoms with E-state index in [1.54, 1.807) is 36.4 Å². The van der Waals surface area contributed by atoms with E-state index in [1.807, 2.05) is 13.8 Å². The quantitative estimate of drug-likeness (QED) is 0.618. The highest BCUT2D eigenvalue weighted by Gasteiger charge is 2.11. The Kier molecular flexibility index (Phi) is 7.94. The number of benzene rings is 2. The minimum Gasteiger partial charge on any atom is -0.492 e. The van der Waals surface area contributed by atoms with E-state index in [1.165, 1.54) is 0 Å². The number of halogens is 2. The molecule has 0 heterocycles. The molecule has 0 aliphatic carbocycles. The van der Waals surface area contributed by atoms with Crippen molar-refractivity contribution in [2.24, 2.45) is 0 Å². The van der Waals surface area contributed by atoms with Crippen LogP contribution in [-0.4, -0.2) is 25.0 Å². The van der Waals surface area contributed by atoms with Crippen molar-refractivity contribution in [1.82, 2.24) is 10.9 Å². The van der Waals surface area contributed by atoms with Crippen molar-refractivity contribution in [2.75, 3.05) is 13.2 Å². The van der Waals surface area contributed by atoms with Crippen LogP contribution in [0.3, 0.4) is 0 Å². The molecule has 0 aromatic heterocycles. The molecule has 27 heavy (non-hydrogen) atoms. The summed E-state index contributed by atoms with van der Waals surface area (Å²) in [5.41, 5.74) is 5.85. The van der Waals surface area contributed by atoms with Crippen LogP contribution < -0.4 is 20.3 Å². The number of hydrogen-bond acceptors (Lipinski definition) is 4. The van der Waals surface area contributed by atoms with Crippen molar-refractivity contribution >= 4 is 39.3 Å². The molecule has 8 heteroatoms. The Labute approximate surface area is 171 Å². The van der Waals surface area contributed by atoms with Gasteiger partial charge in [0.25, 0.3) is 11.8 Å². The van der Waals surface area contributed by atoms with Crippen molar-refractivity contribution in [3.63, 3.8) is 0 Å². The van der Waals surface area contributed by atoms with Crippen molar-refractivity contribution in [1.29, 1.82) is 0 Å². The van der Waals surface area contributed by atoms with Gasteiger partial charge >= 0.3 is 0 Å². The van der Waals surface area contributed by atoms with Crippen LogP contribution in [0.5, 0.6) is 11.5 Å². The second-order valence-corrected chi connectivity index (χ2v) is 6.99. The molecule has 0 saturated carbocycles. The molecule has 6 nitrogen and oxygen atoms in total. The van der Waals surface area contributed by atoms with Crippen LogP contribution in [0.4, 0.5) is 0 Å². The zero-order chi connectivity index (χ0) is 19.8. The lowest BCUT2D eigenvalue weighted by atomic mass is 10.2. The van der Waals surface area contributed by atoms with E-state index in [-0.39, 0.29) is 6.61 Å². The van der Waals surface area contributed by atoms with Crippen molar-refractivity contribution in [3.05, 3.63) is 57.0 Å². The van der Waals surface area contributed by atoms with Crippen LogP contribution >= 0.6 is 27.5 Å². The molecule has 2 aromatic carbocycles. The van der Waals surface area contributed by atoms with E-state index in [4.69, 9.17) is 21.1 Å². The van der Waals surface area contributed by atoms with E-state index >= 15 is 0 Å². The maximum atomic E-state index is 12.1. The topological polar surface area (TPSA) is 76.7 Å². The van der Waals surface area contributed by atoms with Gasteiger partial charge in [-0.15, -0.1) is 0 Å². The average Bonchev–Trinajstić information content (AvgIpc) is 2.64. The third-order valence-electron chi connectivity index (χ3n) is 3.47. The minimum absolute atomic E-state index is 0.240. The molecule has 2 N–H and O–H groups in total. The molecule has 0 saturated heterocycles. The van der Waals surface area contributed by atoms with Crippen LogP contribution in [0.25, 0.3) is 0 Å². The monoisotopic (exact) mass is 454 g/mol. The summed E-state index contributed by atoms with van der Waals surface area (Å²) in [5.74, 6) is 0.269. The molecule has 0 atom stereocenters. The van der Waals surface area contributed by atoms with E-state index < -0.39 is 11.8 Å². The summed E-state index contributed by atoms with van der Waals surface area (Å²) >= 11 is 9.24. The summed E-state index contributed by atoms with van der Waals surface area (Å²) in [7, 11) is 0. The molecule has 0 fully saturated rings. The molecule has 0 bridgehead atoms. The highest BCUT2D eigenvalue weighted by atomic mass is 79.9. The molecule has 2 rings (SSSR count). The summed E-state index contributed by atoms with van der Waals surface area (Å²) in [6.07, 6.45) is 0.887. The summed E-state index contributed by atoms with van der Waals surface area (Å²) in [5, 5.41) is 0.592. The maximum absolute atomic E-state index is 12.1. The van der Waals surface area contributed by atoms with Gasteiger partial charge in [-0.1, -0.05) is 18.5 Å². The van der Waals surface area contributed by atoms with Gasteiger partial charge in [0.05, 0.1) is 11.1 Å². The van der Waals surface area contributed by atoms with Gasteiger partial charge in [-0.25, -0.2) is 0 Å². The van der Waals surface area contributed by atoms with Crippen LogP contribution in [-0.2, 0) is 4.79 Å². The molecular weight excluding hydrogens is 436 g/mol. The number of rotatable bonds is 7. The smallest absolute Gasteiger partial charge is 0.276 e. The average molecular weight is 456 g/mol. The number of carbonyl (C=O) groups excluding carboxylic acids is 2. The normalized spacial score (nSPS) is 10.2. The standard InChI is InChI=1S/C19H20BrClN2O4/c1-3-8-26-17-6-4-13(10-15(17)20)19(25)23-22-18(24)11-27-16-7-5-14(21)9-12(16)2/h4-7,9-10H,3,8,11H2,1-2H3,(H,22,24)(H,23,25). The number of carbonyl (C=O) groups is 2. The van der Waals surface area contributed by atoms with Crippen LogP contribution in [0.1, 0.15) is 29.3 Å². The molecule has 2 aromatic rings. The Hall–Kier alpha value is -2.25. The zero-order valence-electron chi connectivity index (χ0n) is 15.0. The Bertz CT molecular complexity index is 829. The fraction of sp³-hybridized carbons (Fsp3) is 0.263. The summed E-state index contributed by atoms with van der Waals surface area (Å²) in [4.78, 5) is 24.0. The number of nitrogens with one attached hydrogen (secondary N) is 2. The first-order chi connectivity index (χ1) is 12.9. The SMILES string of the molecule is CCCOc1ccc(C(=O)NNC(=O)COc2ccc(Cl)cc2C)cc1Br. The molecular formula is C19H20BrClN2O4. The van der Waals surface area contributed by atoms with Crippen LogP contribution in [0, 0.1) is 6.92 Å². The molecule has 2 amide bonds. The first-order valence-corrected chi connectivity index (χ1v) is 9.48. The number of amides is 2. The molecule has 0 radical (unpaired) electrons. The zero-order valence-corrected chi connectivity index (χ0v) is 17.3. The number of hydrogen-bond donors (Lipinski definition) is 2. The van der Waals surface area contributed by atoms with Gasteiger partial charge in [0, 0.05) is 10.6 Å². The van der Waals surface area contributed by atoms with E-state index in [9.17, 15) is 9.59 Å². The third-order valence-corrected chi connectivity index (χ3v) is 4.32. The van der Waals surface area contributed by atoms with Gasteiger partial charge in [0.1, 0.15) is 11.5 Å². The first-order valence-electron chi connectivity index (χ1n) is 8.31. The fourth-order valence-corrected chi connectivity index (χ4v) is 2.84. The predicted octanol–water partition coefficient (Wildman–Crippen LogP) is 4.04. The summed E-state index contributed by atoms with van der Waals surface area (Å²) in [6, 6.07) is 10.0. The van der Waals surface area contributed by atoms with E-state index in [0.717, 1.165) is 12.0 Å². The van der Waals surface area contributed by atoms with E-state index in [0.29, 0.717) is 33.2 Å². The van der Waals surface area contributed by atoms with Crippen molar-refractivity contribution < 1.29 is 19.1 Å². The third kappa shape index (κ3) is 6.45.